The highest BCUT2D eigenvalue weighted by atomic mass is 35.5. The molecule has 0 saturated carbocycles. The molecule has 0 aromatic carbocycles. The van der Waals surface area contributed by atoms with E-state index in [0.29, 0.717) is 11.2 Å². The van der Waals surface area contributed by atoms with Crippen molar-refractivity contribution in [1.29, 1.82) is 0 Å². The number of thioether (sulfide) groups is 1. The number of pyridine rings is 1. The maximum absolute atomic E-state index is 12.5. The minimum absolute atomic E-state index is 0.0672. The molecule has 0 amide bonds. The van der Waals surface area contributed by atoms with Gasteiger partial charge in [0.25, 0.3) is 0 Å². The minimum Gasteiger partial charge on any atom is -0.234 e. The highest BCUT2D eigenvalue weighted by Gasteiger charge is 2.31. The molecule has 102 valence electrons. The van der Waals surface area contributed by atoms with Gasteiger partial charge in [-0.15, -0.1) is 21.7 Å². The van der Waals surface area contributed by atoms with Gasteiger partial charge in [0, 0.05) is 6.20 Å². The van der Waals surface area contributed by atoms with E-state index >= 15 is 0 Å². The van der Waals surface area contributed by atoms with Crippen molar-refractivity contribution in [3.8, 4) is 5.82 Å². The third-order valence-electron chi connectivity index (χ3n) is 2.10. The van der Waals surface area contributed by atoms with Gasteiger partial charge < -0.3 is 0 Å². The maximum Gasteiger partial charge on any atom is 0.417 e. The molecule has 0 unspecified atom stereocenters. The molecule has 9 heteroatoms. The molecule has 0 spiro atoms. The summed E-state index contributed by atoms with van der Waals surface area (Å²) in [5.41, 5.74) is -0.906. The van der Waals surface area contributed by atoms with Crippen molar-refractivity contribution in [2.75, 3.05) is 5.75 Å². The van der Waals surface area contributed by atoms with Crippen LogP contribution in [0.25, 0.3) is 5.82 Å². The van der Waals surface area contributed by atoms with Crippen LogP contribution in [0.5, 0.6) is 0 Å². The number of nitrogens with zero attached hydrogens (tertiary/aromatic N) is 4. The average molecular weight is 309 g/mol. The van der Waals surface area contributed by atoms with Gasteiger partial charge in [0.05, 0.1) is 16.8 Å². The molecule has 0 saturated heterocycles. The van der Waals surface area contributed by atoms with E-state index in [-0.39, 0.29) is 10.8 Å². The summed E-state index contributed by atoms with van der Waals surface area (Å²) in [6.45, 7) is 1.95. The summed E-state index contributed by atoms with van der Waals surface area (Å²) >= 11 is 7.24. The van der Waals surface area contributed by atoms with Gasteiger partial charge in [0.2, 0.25) is 0 Å². The summed E-state index contributed by atoms with van der Waals surface area (Å²) in [4.78, 5) is 4.78. The van der Waals surface area contributed by atoms with Crippen molar-refractivity contribution in [2.45, 2.75) is 18.1 Å². The van der Waals surface area contributed by atoms with Gasteiger partial charge in [-0.3, -0.25) is 0 Å². The van der Waals surface area contributed by atoms with Gasteiger partial charge in [-0.1, -0.05) is 18.5 Å². The first-order valence-corrected chi connectivity index (χ1v) is 6.56. The van der Waals surface area contributed by atoms with E-state index in [1.807, 2.05) is 6.92 Å². The van der Waals surface area contributed by atoms with E-state index in [1.165, 1.54) is 18.0 Å². The van der Waals surface area contributed by atoms with Crippen LogP contribution in [0.15, 0.2) is 23.5 Å². The number of alkyl halides is 3. The van der Waals surface area contributed by atoms with E-state index in [9.17, 15) is 13.2 Å². The maximum atomic E-state index is 12.5. The molecule has 0 atom stereocenters. The second-order valence-electron chi connectivity index (χ2n) is 3.43. The number of halogens is 4. The second-order valence-corrected chi connectivity index (χ2v) is 5.12. The van der Waals surface area contributed by atoms with Crippen molar-refractivity contribution < 1.29 is 13.2 Å². The van der Waals surface area contributed by atoms with Crippen molar-refractivity contribution in [3.05, 3.63) is 29.0 Å². The molecule has 0 N–H and O–H groups in total. The van der Waals surface area contributed by atoms with Gasteiger partial charge in [-0.05, 0) is 11.8 Å². The lowest BCUT2D eigenvalue weighted by Crippen LogP contribution is -2.09. The summed E-state index contributed by atoms with van der Waals surface area (Å²) in [5, 5.41) is 8.48. The molecule has 0 fully saturated rings. The second kappa shape index (κ2) is 5.38. The zero-order valence-electron chi connectivity index (χ0n) is 9.65. The molecule has 2 rings (SSSR count). The Kier molecular flexibility index (Phi) is 4.00. The average Bonchev–Trinajstić information content (AvgIpc) is 2.76. The van der Waals surface area contributed by atoms with Crippen LogP contribution >= 0.6 is 23.4 Å². The molecular weight excluding hydrogens is 301 g/mol. The lowest BCUT2D eigenvalue weighted by atomic mass is 10.3. The van der Waals surface area contributed by atoms with E-state index in [2.05, 4.69) is 15.2 Å². The van der Waals surface area contributed by atoms with Crippen LogP contribution < -0.4 is 0 Å². The predicted octanol–water partition coefficient (Wildman–Crippen LogP) is 3.45. The van der Waals surface area contributed by atoms with Gasteiger partial charge in [0.1, 0.15) is 5.03 Å². The van der Waals surface area contributed by atoms with Crippen LogP contribution in [0.1, 0.15) is 12.5 Å². The Bertz CT molecular complexity index is 584. The molecule has 0 aliphatic heterocycles. The summed E-state index contributed by atoms with van der Waals surface area (Å²) in [5.74, 6) is 0.880. The smallest absolute Gasteiger partial charge is 0.234 e. The van der Waals surface area contributed by atoms with Crippen LogP contribution in [-0.2, 0) is 6.18 Å². The highest BCUT2D eigenvalue weighted by Crippen LogP contribution is 2.31. The Hall–Kier alpha value is -1.28. The van der Waals surface area contributed by atoms with Crippen LogP contribution in [0.2, 0.25) is 5.02 Å². The van der Waals surface area contributed by atoms with Crippen molar-refractivity contribution in [2.24, 2.45) is 0 Å². The molecule has 2 heterocycles. The predicted molar refractivity (Wildman–Crippen MR) is 65.6 cm³/mol. The SMILES string of the molecule is CCSc1cnn(-c2ncc(C(F)(F)F)cc2Cl)n1. The molecule has 2 aromatic rings. The Morgan fingerprint density at radius 3 is 2.68 bits per heavy atom. The van der Waals surface area contributed by atoms with E-state index < -0.39 is 11.7 Å². The van der Waals surface area contributed by atoms with Crippen LogP contribution in [0.3, 0.4) is 0 Å². The molecule has 2 aromatic heterocycles. The zero-order valence-corrected chi connectivity index (χ0v) is 11.2. The third kappa shape index (κ3) is 3.19. The summed E-state index contributed by atoms with van der Waals surface area (Å²) < 4.78 is 37.4. The molecule has 0 radical (unpaired) electrons. The van der Waals surface area contributed by atoms with Gasteiger partial charge in [0.15, 0.2) is 5.82 Å². The number of hydrogen-bond donors (Lipinski definition) is 0. The highest BCUT2D eigenvalue weighted by molar-refractivity contribution is 7.99. The van der Waals surface area contributed by atoms with Crippen molar-refractivity contribution in [3.63, 3.8) is 0 Å². The summed E-state index contributed by atoms with van der Waals surface area (Å²) in [7, 11) is 0. The Morgan fingerprint density at radius 2 is 2.11 bits per heavy atom. The molecular formula is C10H8ClF3N4S. The first-order chi connectivity index (χ1) is 8.91. The monoisotopic (exact) mass is 308 g/mol. The van der Waals surface area contributed by atoms with Crippen molar-refractivity contribution >= 4 is 23.4 Å². The van der Waals surface area contributed by atoms with Gasteiger partial charge in [-0.25, -0.2) is 4.98 Å². The van der Waals surface area contributed by atoms with Crippen LogP contribution in [-0.4, -0.2) is 25.7 Å². The quantitative estimate of drug-likeness (QED) is 0.815. The van der Waals surface area contributed by atoms with E-state index in [0.717, 1.165) is 16.6 Å². The van der Waals surface area contributed by atoms with E-state index in [1.54, 1.807) is 0 Å². The normalized spacial score (nSPS) is 11.8. The molecule has 19 heavy (non-hydrogen) atoms. The standard InChI is InChI=1S/C10H8ClF3N4S/c1-2-19-8-5-16-18(17-8)9-7(11)3-6(4-15-9)10(12,13)14/h3-5H,2H2,1H3. The lowest BCUT2D eigenvalue weighted by Gasteiger charge is -2.08. The fourth-order valence-corrected chi connectivity index (χ4v) is 2.09. The fraction of sp³-hybridized carbons (Fsp3) is 0.300. The van der Waals surface area contributed by atoms with Gasteiger partial charge in [-0.2, -0.15) is 18.3 Å². The van der Waals surface area contributed by atoms with Crippen LogP contribution in [0, 0.1) is 0 Å². The zero-order chi connectivity index (χ0) is 14.0. The van der Waals surface area contributed by atoms with E-state index in [4.69, 9.17) is 11.6 Å². The third-order valence-corrected chi connectivity index (χ3v) is 3.15. The first kappa shape index (κ1) is 14.1. The largest absolute Gasteiger partial charge is 0.417 e. The van der Waals surface area contributed by atoms with Crippen LogP contribution in [0.4, 0.5) is 13.2 Å². The summed E-state index contributed by atoms with van der Waals surface area (Å²) in [6, 6.07) is 0.805. The van der Waals surface area contributed by atoms with Gasteiger partial charge >= 0.3 is 6.18 Å². The fourth-order valence-electron chi connectivity index (χ4n) is 1.30. The Morgan fingerprint density at radius 1 is 1.37 bits per heavy atom. The van der Waals surface area contributed by atoms with Crippen molar-refractivity contribution in [1.82, 2.24) is 20.0 Å². The number of hydrogen-bond acceptors (Lipinski definition) is 4. The topological polar surface area (TPSA) is 43.6 Å². The Labute approximate surface area is 116 Å². The lowest BCUT2D eigenvalue weighted by molar-refractivity contribution is -0.137. The minimum atomic E-state index is -4.48. The first-order valence-electron chi connectivity index (χ1n) is 5.20. The molecule has 0 aliphatic carbocycles. The summed E-state index contributed by atoms with van der Waals surface area (Å²) in [6.07, 6.45) is -2.27. The molecule has 0 bridgehead atoms. The molecule has 0 aliphatic rings. The Balaban J connectivity index is 2.35. The number of aromatic nitrogens is 4. The number of rotatable bonds is 3. The molecule has 4 nitrogen and oxygen atoms in total.